The van der Waals surface area contributed by atoms with Gasteiger partial charge >= 0.3 is 0 Å². The number of carbonyl (C=O) groups excluding carboxylic acids is 1. The second-order valence-corrected chi connectivity index (χ2v) is 6.16. The quantitative estimate of drug-likeness (QED) is 0.368. The molecular weight excluding hydrogens is 276 g/mol. The van der Waals surface area contributed by atoms with Crippen LogP contribution in [-0.4, -0.2) is 18.4 Å². The van der Waals surface area contributed by atoms with E-state index >= 15 is 0 Å². The highest BCUT2D eigenvalue weighted by Gasteiger charge is 2.14. The number of rotatable bonds is 9. The van der Waals surface area contributed by atoms with Crippen molar-refractivity contribution in [2.45, 2.75) is 45.4 Å². The highest BCUT2D eigenvalue weighted by atomic mass is 16.1. The summed E-state index contributed by atoms with van der Waals surface area (Å²) in [6.07, 6.45) is 3.07. The molecule has 0 aromatic heterocycles. The normalized spacial score (nSPS) is 12.1. The van der Waals surface area contributed by atoms with Gasteiger partial charge in [0.25, 0.3) is 0 Å². The summed E-state index contributed by atoms with van der Waals surface area (Å²) >= 11 is 0. The van der Waals surface area contributed by atoms with Crippen molar-refractivity contribution < 1.29 is 4.79 Å². The molecule has 0 saturated carbocycles. The summed E-state index contributed by atoms with van der Waals surface area (Å²) in [4.78, 5) is 15.3. The monoisotopic (exact) mass is 304 g/mol. The van der Waals surface area contributed by atoms with Crippen molar-refractivity contribution in [1.29, 1.82) is 0 Å². The predicted octanol–water partition coefficient (Wildman–Crippen LogP) is 1.90. The molecule has 0 aliphatic rings. The Morgan fingerprint density at radius 1 is 1.14 bits per heavy atom. The maximum Gasteiger partial charge on any atom is 0.218 e. The Bertz CT molecular complexity index is 490. The van der Waals surface area contributed by atoms with Crippen molar-refractivity contribution in [3.8, 4) is 0 Å². The maximum absolute atomic E-state index is 11.3. The van der Waals surface area contributed by atoms with Gasteiger partial charge in [-0.25, -0.2) is 0 Å². The van der Waals surface area contributed by atoms with Gasteiger partial charge < -0.3 is 17.2 Å². The van der Waals surface area contributed by atoms with Crippen LogP contribution < -0.4 is 17.2 Å². The first-order valence-electron chi connectivity index (χ1n) is 7.81. The molecule has 0 saturated heterocycles. The second kappa shape index (κ2) is 9.07. The van der Waals surface area contributed by atoms with E-state index in [1.54, 1.807) is 0 Å². The molecule has 0 bridgehead atoms. The van der Waals surface area contributed by atoms with Crippen LogP contribution in [0.25, 0.3) is 0 Å². The smallest absolute Gasteiger partial charge is 0.218 e. The third kappa shape index (κ3) is 7.11. The molecule has 1 atom stereocenters. The largest absolute Gasteiger partial charge is 0.370 e. The number of guanidine groups is 1. The highest BCUT2D eigenvalue weighted by molar-refractivity contribution is 5.75. The van der Waals surface area contributed by atoms with Crippen LogP contribution in [0.1, 0.15) is 50.2 Å². The van der Waals surface area contributed by atoms with Crippen LogP contribution in [-0.2, 0) is 11.2 Å². The first-order valence-corrected chi connectivity index (χ1v) is 7.81. The molecule has 0 fully saturated rings. The third-order valence-corrected chi connectivity index (χ3v) is 3.55. The fourth-order valence-electron chi connectivity index (χ4n) is 2.57. The van der Waals surface area contributed by atoms with Crippen LogP contribution in [0.15, 0.2) is 29.3 Å². The Morgan fingerprint density at radius 3 is 2.27 bits per heavy atom. The minimum atomic E-state index is -0.280. The van der Waals surface area contributed by atoms with Gasteiger partial charge in [0.1, 0.15) is 0 Å². The van der Waals surface area contributed by atoms with Crippen molar-refractivity contribution >= 4 is 11.9 Å². The van der Waals surface area contributed by atoms with E-state index in [0.29, 0.717) is 18.9 Å². The van der Waals surface area contributed by atoms with Gasteiger partial charge in [0.15, 0.2) is 5.96 Å². The molecule has 0 aliphatic carbocycles. The molecule has 0 spiro atoms. The molecular formula is C17H28N4O. The maximum atomic E-state index is 11.3. The molecule has 1 aromatic rings. The first kappa shape index (κ1) is 18.0. The molecule has 122 valence electrons. The van der Waals surface area contributed by atoms with Gasteiger partial charge in [-0.15, -0.1) is 0 Å². The molecule has 1 aromatic carbocycles. The number of nitrogens with two attached hydrogens (primary N) is 3. The molecule has 1 amide bonds. The van der Waals surface area contributed by atoms with E-state index in [1.807, 2.05) is 0 Å². The van der Waals surface area contributed by atoms with Crippen LogP contribution in [0.3, 0.4) is 0 Å². The van der Waals surface area contributed by atoms with Crippen LogP contribution in [0.5, 0.6) is 0 Å². The zero-order valence-electron chi connectivity index (χ0n) is 13.6. The van der Waals surface area contributed by atoms with Gasteiger partial charge in [-0.1, -0.05) is 38.1 Å². The van der Waals surface area contributed by atoms with E-state index in [0.717, 1.165) is 24.8 Å². The Morgan fingerprint density at radius 2 is 1.77 bits per heavy atom. The van der Waals surface area contributed by atoms with Gasteiger partial charge in [0.05, 0.1) is 0 Å². The minimum Gasteiger partial charge on any atom is -0.370 e. The van der Waals surface area contributed by atoms with E-state index in [4.69, 9.17) is 17.2 Å². The third-order valence-electron chi connectivity index (χ3n) is 3.55. The van der Waals surface area contributed by atoms with Crippen LogP contribution >= 0.6 is 0 Å². The zero-order valence-corrected chi connectivity index (χ0v) is 13.6. The van der Waals surface area contributed by atoms with Gasteiger partial charge in [0, 0.05) is 13.0 Å². The van der Waals surface area contributed by atoms with Crippen molar-refractivity contribution in [1.82, 2.24) is 0 Å². The summed E-state index contributed by atoms with van der Waals surface area (Å²) < 4.78 is 0. The Kier molecular flexibility index (Phi) is 7.43. The summed E-state index contributed by atoms with van der Waals surface area (Å²) in [7, 11) is 0. The fourth-order valence-corrected chi connectivity index (χ4v) is 2.57. The van der Waals surface area contributed by atoms with Crippen LogP contribution in [0.4, 0.5) is 0 Å². The number of carbonyl (C=O) groups is 1. The Labute approximate surface area is 133 Å². The number of hydrogen-bond donors (Lipinski definition) is 3. The molecule has 0 radical (unpaired) electrons. The number of benzene rings is 1. The zero-order chi connectivity index (χ0) is 16.5. The number of primary amides is 1. The molecule has 1 rings (SSSR count). The standard InChI is InChI=1S/C17H28N4O/c1-12(2)10-13-5-7-14(8-6-13)15(11-16(18)22)4-3-9-21-17(19)20/h5-8,12,15H,3-4,9-11H2,1-2H3,(H2,18,22)(H4,19,20,21)/t15-/m1/s1. The summed E-state index contributed by atoms with van der Waals surface area (Å²) in [5, 5.41) is 0. The average molecular weight is 304 g/mol. The second-order valence-electron chi connectivity index (χ2n) is 6.16. The highest BCUT2D eigenvalue weighted by Crippen LogP contribution is 2.25. The summed E-state index contributed by atoms with van der Waals surface area (Å²) in [5.41, 5.74) is 18.5. The van der Waals surface area contributed by atoms with E-state index in [2.05, 4.69) is 43.1 Å². The van der Waals surface area contributed by atoms with Crippen molar-refractivity contribution in [2.24, 2.45) is 28.1 Å². The van der Waals surface area contributed by atoms with Crippen LogP contribution in [0.2, 0.25) is 0 Å². The molecule has 0 heterocycles. The topological polar surface area (TPSA) is 107 Å². The van der Waals surface area contributed by atoms with Gasteiger partial charge in [-0.05, 0) is 42.2 Å². The average Bonchev–Trinajstić information content (AvgIpc) is 2.42. The fraction of sp³-hybridized carbons (Fsp3) is 0.529. The molecule has 5 heteroatoms. The number of nitrogens with zero attached hydrogens (tertiary/aromatic N) is 1. The molecule has 5 nitrogen and oxygen atoms in total. The summed E-state index contributed by atoms with van der Waals surface area (Å²) in [6.45, 7) is 4.98. The lowest BCUT2D eigenvalue weighted by Crippen LogP contribution is -2.23. The lowest BCUT2D eigenvalue weighted by Gasteiger charge is -2.16. The summed E-state index contributed by atoms with van der Waals surface area (Å²) in [5.74, 6) is 0.578. The van der Waals surface area contributed by atoms with E-state index in [-0.39, 0.29) is 17.8 Å². The van der Waals surface area contributed by atoms with E-state index < -0.39 is 0 Å². The van der Waals surface area contributed by atoms with E-state index in [1.165, 1.54) is 5.56 Å². The molecule has 0 aliphatic heterocycles. The molecule has 22 heavy (non-hydrogen) atoms. The first-order chi connectivity index (χ1) is 10.4. The summed E-state index contributed by atoms with van der Waals surface area (Å²) in [6, 6.07) is 8.48. The SMILES string of the molecule is CC(C)Cc1ccc([C@H](CCCN=C(N)N)CC(N)=O)cc1. The Balaban J connectivity index is 2.69. The van der Waals surface area contributed by atoms with Crippen molar-refractivity contribution in [2.75, 3.05) is 6.54 Å². The van der Waals surface area contributed by atoms with Gasteiger partial charge in [0.2, 0.25) is 5.91 Å². The van der Waals surface area contributed by atoms with Crippen molar-refractivity contribution in [3.63, 3.8) is 0 Å². The predicted molar refractivity (Wildman–Crippen MR) is 91.4 cm³/mol. The van der Waals surface area contributed by atoms with Gasteiger partial charge in [-0.3, -0.25) is 9.79 Å². The number of amides is 1. The minimum absolute atomic E-state index is 0.101. The lowest BCUT2D eigenvalue weighted by molar-refractivity contribution is -0.118. The number of aliphatic imine (C=N–C) groups is 1. The molecule has 0 unspecified atom stereocenters. The van der Waals surface area contributed by atoms with Crippen molar-refractivity contribution in [3.05, 3.63) is 35.4 Å². The van der Waals surface area contributed by atoms with E-state index in [9.17, 15) is 4.79 Å². The van der Waals surface area contributed by atoms with Crippen LogP contribution in [0, 0.1) is 5.92 Å². The number of hydrogen-bond acceptors (Lipinski definition) is 2. The lowest BCUT2D eigenvalue weighted by atomic mass is 9.89. The Hall–Kier alpha value is -2.04. The molecule has 6 N–H and O–H groups in total. The van der Waals surface area contributed by atoms with Gasteiger partial charge in [-0.2, -0.15) is 0 Å².